The van der Waals surface area contributed by atoms with Crippen LogP contribution in [0.15, 0.2) is 83.9 Å². The summed E-state index contributed by atoms with van der Waals surface area (Å²) in [6, 6.07) is 17.4. The third kappa shape index (κ3) is 8.57. The van der Waals surface area contributed by atoms with E-state index in [1.54, 1.807) is 20.8 Å². The number of carbonyl (C=O) groups is 5. The molecule has 3 atom stereocenters. The minimum Gasteiger partial charge on any atom is -0.450 e. The van der Waals surface area contributed by atoms with Crippen LogP contribution in [-0.4, -0.2) is 82.4 Å². The highest BCUT2D eigenvalue weighted by Gasteiger charge is 2.57. The van der Waals surface area contributed by atoms with Crippen LogP contribution in [0.2, 0.25) is 0 Å². The number of rotatable bonds is 13. The lowest BCUT2D eigenvalue weighted by atomic mass is 9.87. The number of β-lactam (4-membered cyclic amide) rings is 1. The summed E-state index contributed by atoms with van der Waals surface area (Å²) in [5.41, 5.74) is 5.05. The molecule has 51 heavy (non-hydrogen) atoms. The number of oxime groups is 1. The van der Waals surface area contributed by atoms with Crippen molar-refractivity contribution >= 4 is 63.7 Å². The standard InChI is InChI=1S/C35H37N5O9S2/c1-5-35(32(45)47-20-46-31(44)34(2,3)4)18-40-29(43)26(30(40)51-19-35)38-28(42)25(23-17-50-33(36)37-23)39-48-16-24(41)49-27(21-12-8-6-9-13-21)22-14-10-7-11-15-22/h5-15,17,26-27,30H,1,16,18-20H2,2-4H3,(H2,36,37)(H,38,42)/t26?,30-,35?/m1/s1. The SMILES string of the molecule is C=CC1(C(=O)OCOC(=O)C(C)(C)C)CS[C@@H]2C(NC(=O)C(=NOCC(=O)OC(c3ccccc3)c3ccccc3)c3csc(N)n3)C(=O)N2C1. The number of thioether (sulfide) groups is 1. The van der Waals surface area contributed by atoms with Crippen LogP contribution in [0, 0.1) is 10.8 Å². The van der Waals surface area contributed by atoms with Gasteiger partial charge in [-0.3, -0.25) is 19.2 Å². The molecule has 5 rings (SSSR count). The highest BCUT2D eigenvalue weighted by Crippen LogP contribution is 2.43. The minimum atomic E-state index is -1.26. The molecule has 1 aromatic heterocycles. The zero-order valence-corrected chi connectivity index (χ0v) is 29.7. The topological polar surface area (TPSA) is 189 Å². The molecule has 2 aliphatic heterocycles. The van der Waals surface area contributed by atoms with E-state index in [2.05, 4.69) is 22.0 Å². The van der Waals surface area contributed by atoms with Crippen LogP contribution in [0.5, 0.6) is 0 Å². The van der Waals surface area contributed by atoms with Crippen LogP contribution in [0.3, 0.4) is 0 Å². The average molecular weight is 736 g/mol. The number of nitrogens with two attached hydrogens (primary N) is 1. The van der Waals surface area contributed by atoms with Gasteiger partial charge in [0.2, 0.25) is 19.3 Å². The molecule has 2 unspecified atom stereocenters. The maximum Gasteiger partial charge on any atom is 0.347 e. The molecular formula is C35H37N5O9S2. The van der Waals surface area contributed by atoms with E-state index in [4.69, 9.17) is 24.8 Å². The van der Waals surface area contributed by atoms with Crippen molar-refractivity contribution in [2.75, 3.05) is 31.4 Å². The molecule has 2 fully saturated rings. The van der Waals surface area contributed by atoms with Crippen LogP contribution in [-0.2, 0) is 43.0 Å². The number of carbonyl (C=O) groups excluding carboxylic acids is 5. The Kier molecular flexibility index (Phi) is 11.5. The zero-order valence-electron chi connectivity index (χ0n) is 28.1. The summed E-state index contributed by atoms with van der Waals surface area (Å²) >= 11 is 2.31. The second-order valence-corrected chi connectivity index (χ2v) is 14.7. The van der Waals surface area contributed by atoms with Gasteiger partial charge in [0, 0.05) is 17.7 Å². The maximum absolute atomic E-state index is 13.5. The second-order valence-electron chi connectivity index (χ2n) is 12.7. The summed E-state index contributed by atoms with van der Waals surface area (Å²) in [6.45, 7) is 7.54. The number of amides is 2. The quantitative estimate of drug-likeness (QED) is 0.0651. The number of anilines is 1. The molecule has 268 valence electrons. The van der Waals surface area contributed by atoms with Crippen LogP contribution in [0.1, 0.15) is 43.7 Å². The maximum atomic E-state index is 13.5. The molecule has 2 saturated heterocycles. The molecule has 0 spiro atoms. The minimum absolute atomic E-state index is 0.0484. The molecule has 3 heterocycles. The lowest BCUT2D eigenvalue weighted by Crippen LogP contribution is -2.73. The summed E-state index contributed by atoms with van der Waals surface area (Å²) < 4.78 is 16.0. The van der Waals surface area contributed by atoms with Crippen molar-refractivity contribution in [1.82, 2.24) is 15.2 Å². The Bertz CT molecular complexity index is 1770. The molecule has 2 aliphatic rings. The van der Waals surface area contributed by atoms with Crippen molar-refractivity contribution < 1.29 is 43.0 Å². The summed E-state index contributed by atoms with van der Waals surface area (Å²) in [5, 5.41) is 7.72. The lowest BCUT2D eigenvalue weighted by Gasteiger charge is -2.53. The van der Waals surface area contributed by atoms with Gasteiger partial charge >= 0.3 is 17.9 Å². The molecule has 0 aliphatic carbocycles. The first kappa shape index (κ1) is 37.0. The monoisotopic (exact) mass is 735 g/mol. The van der Waals surface area contributed by atoms with Gasteiger partial charge in [-0.2, -0.15) is 0 Å². The first-order valence-corrected chi connectivity index (χ1v) is 17.7. The molecular weight excluding hydrogens is 699 g/mol. The van der Waals surface area contributed by atoms with E-state index in [1.807, 2.05) is 60.7 Å². The number of hydrogen-bond donors (Lipinski definition) is 2. The van der Waals surface area contributed by atoms with Crippen LogP contribution in [0.25, 0.3) is 0 Å². The summed E-state index contributed by atoms with van der Waals surface area (Å²) in [6.07, 6.45) is 0.701. The fourth-order valence-corrected chi connectivity index (χ4v) is 7.21. The number of hydrogen-bond acceptors (Lipinski definition) is 14. The van der Waals surface area contributed by atoms with Gasteiger partial charge in [-0.05, 0) is 31.9 Å². The van der Waals surface area contributed by atoms with Crippen LogP contribution in [0.4, 0.5) is 5.13 Å². The third-order valence-electron chi connectivity index (χ3n) is 7.95. The molecule has 0 radical (unpaired) electrons. The zero-order chi connectivity index (χ0) is 36.8. The molecule has 14 nitrogen and oxygen atoms in total. The van der Waals surface area contributed by atoms with E-state index in [0.29, 0.717) is 0 Å². The average Bonchev–Trinajstić information content (AvgIpc) is 3.56. The normalized spacial score (nSPS) is 20.0. The van der Waals surface area contributed by atoms with E-state index < -0.39 is 71.5 Å². The number of fused-ring (bicyclic) bond motifs is 1. The number of aromatic nitrogens is 1. The largest absolute Gasteiger partial charge is 0.450 e. The highest BCUT2D eigenvalue weighted by molar-refractivity contribution is 8.00. The molecule has 2 aromatic carbocycles. The number of benzene rings is 2. The van der Waals surface area contributed by atoms with E-state index in [-0.39, 0.29) is 28.8 Å². The number of nitrogens with one attached hydrogen (secondary N) is 1. The predicted octanol–water partition coefficient (Wildman–Crippen LogP) is 3.44. The first-order valence-electron chi connectivity index (χ1n) is 15.7. The number of nitrogens with zero attached hydrogens (tertiary/aromatic N) is 3. The molecule has 2 amide bonds. The fraction of sp³-hybridized carbons (Fsp3) is 0.343. The smallest absolute Gasteiger partial charge is 0.347 e. The number of nitrogen functional groups attached to an aromatic ring is 1. The van der Waals surface area contributed by atoms with Gasteiger partial charge in [0.25, 0.3) is 5.91 Å². The number of esters is 3. The van der Waals surface area contributed by atoms with Crippen molar-refractivity contribution in [2.45, 2.75) is 38.3 Å². The molecule has 16 heteroatoms. The Morgan fingerprint density at radius 1 is 1.10 bits per heavy atom. The van der Waals surface area contributed by atoms with Crippen LogP contribution < -0.4 is 11.1 Å². The van der Waals surface area contributed by atoms with Gasteiger partial charge in [0.05, 0.1) is 5.41 Å². The van der Waals surface area contributed by atoms with Crippen molar-refractivity contribution in [3.63, 3.8) is 0 Å². The van der Waals surface area contributed by atoms with Gasteiger partial charge in [-0.15, -0.1) is 29.7 Å². The Labute approximate surface area is 302 Å². The second kappa shape index (κ2) is 15.8. The summed E-state index contributed by atoms with van der Waals surface area (Å²) in [4.78, 5) is 75.6. The Morgan fingerprint density at radius 2 is 1.75 bits per heavy atom. The number of ether oxygens (including phenoxy) is 3. The van der Waals surface area contributed by atoms with Gasteiger partial charge in [0.1, 0.15) is 22.5 Å². The highest BCUT2D eigenvalue weighted by atomic mass is 32.2. The van der Waals surface area contributed by atoms with Crippen molar-refractivity contribution in [1.29, 1.82) is 0 Å². The first-order chi connectivity index (χ1) is 24.3. The van der Waals surface area contributed by atoms with Crippen molar-refractivity contribution in [2.24, 2.45) is 16.0 Å². The molecule has 0 bridgehead atoms. The number of thiazole rings is 1. The third-order valence-corrected chi connectivity index (χ3v) is 10.2. The Morgan fingerprint density at radius 3 is 2.31 bits per heavy atom. The van der Waals surface area contributed by atoms with E-state index >= 15 is 0 Å². The Hall–Kier alpha value is -5.22. The van der Waals surface area contributed by atoms with Crippen molar-refractivity contribution in [3.05, 3.63) is 95.5 Å². The molecule has 0 saturated carbocycles. The molecule has 3 N–H and O–H groups in total. The van der Waals surface area contributed by atoms with E-state index in [1.165, 1.54) is 28.1 Å². The Balaban J connectivity index is 1.21. The van der Waals surface area contributed by atoms with Gasteiger partial charge in [-0.1, -0.05) is 71.9 Å². The fourth-order valence-electron chi connectivity index (χ4n) is 5.13. The van der Waals surface area contributed by atoms with Gasteiger partial charge < -0.3 is 35.0 Å². The summed E-state index contributed by atoms with van der Waals surface area (Å²) in [5.74, 6) is -3.03. The predicted molar refractivity (Wildman–Crippen MR) is 189 cm³/mol. The van der Waals surface area contributed by atoms with Gasteiger partial charge in [-0.25, -0.2) is 9.78 Å². The lowest BCUT2D eigenvalue weighted by molar-refractivity contribution is -0.178. The van der Waals surface area contributed by atoms with Gasteiger partial charge in [0.15, 0.2) is 16.9 Å². The van der Waals surface area contributed by atoms with E-state index in [0.717, 1.165) is 22.5 Å². The molecule has 3 aromatic rings. The van der Waals surface area contributed by atoms with Crippen LogP contribution >= 0.6 is 23.1 Å². The summed E-state index contributed by atoms with van der Waals surface area (Å²) in [7, 11) is 0. The van der Waals surface area contributed by atoms with E-state index in [9.17, 15) is 24.0 Å². The van der Waals surface area contributed by atoms with Crippen molar-refractivity contribution in [3.8, 4) is 0 Å².